The molecule has 2 amide bonds. The molecular formula is C7H9F3N2O4. The van der Waals surface area contributed by atoms with Crippen molar-refractivity contribution >= 4 is 17.8 Å². The molecule has 0 aromatic rings. The van der Waals surface area contributed by atoms with Gasteiger partial charge in [-0.3, -0.25) is 14.9 Å². The second kappa shape index (κ2) is 5.45. The number of carbonyl (C=O) groups is 3. The highest BCUT2D eigenvalue weighted by Gasteiger charge is 2.38. The van der Waals surface area contributed by atoms with E-state index >= 15 is 0 Å². The fraction of sp³-hybridized carbons (Fsp3) is 0.571. The van der Waals surface area contributed by atoms with Gasteiger partial charge in [0.25, 0.3) is 0 Å². The summed E-state index contributed by atoms with van der Waals surface area (Å²) in [7, 11) is 0. The Morgan fingerprint density at radius 3 is 2.12 bits per heavy atom. The van der Waals surface area contributed by atoms with Crippen LogP contribution in [0.25, 0.3) is 0 Å². The summed E-state index contributed by atoms with van der Waals surface area (Å²) in [5, 5.41) is 9.25. The maximum absolute atomic E-state index is 10.6. The topological polar surface area (TPSA) is 109 Å². The monoisotopic (exact) mass is 242 g/mol. The molecule has 0 aromatic heterocycles. The molecular weight excluding hydrogens is 233 g/mol. The van der Waals surface area contributed by atoms with Crippen molar-refractivity contribution in [2.24, 2.45) is 5.73 Å². The van der Waals surface area contributed by atoms with Crippen molar-refractivity contribution in [2.45, 2.75) is 25.1 Å². The van der Waals surface area contributed by atoms with Crippen molar-refractivity contribution in [1.82, 2.24) is 5.32 Å². The normalized spacial score (nSPS) is 20.6. The zero-order chi connectivity index (χ0) is 12.9. The fourth-order valence-electron chi connectivity index (χ4n) is 0.710. The van der Waals surface area contributed by atoms with Crippen LogP contribution in [0.3, 0.4) is 0 Å². The molecule has 9 heteroatoms. The van der Waals surface area contributed by atoms with Gasteiger partial charge in [0.1, 0.15) is 0 Å². The third-order valence-electron chi connectivity index (χ3n) is 1.52. The van der Waals surface area contributed by atoms with E-state index in [1.54, 1.807) is 0 Å². The van der Waals surface area contributed by atoms with Crippen LogP contribution >= 0.6 is 0 Å². The van der Waals surface area contributed by atoms with E-state index in [0.29, 0.717) is 12.8 Å². The standard InChI is InChI=1S/C5H8N2O2.C2HF3O2/c6-3-1-2-4(8)7-5(3)9;3-2(4,5)1(6)7/h3H,1-2,6H2,(H,7,8,9);(H,6,7)/t3-;/m0./s1. The highest BCUT2D eigenvalue weighted by molar-refractivity contribution is 6.00. The Balaban J connectivity index is 0.000000293. The molecule has 1 atom stereocenters. The number of rotatable bonds is 0. The number of halogens is 3. The molecule has 0 unspecified atom stereocenters. The maximum Gasteiger partial charge on any atom is 0.490 e. The molecule has 1 heterocycles. The van der Waals surface area contributed by atoms with Crippen molar-refractivity contribution < 1.29 is 32.7 Å². The zero-order valence-electron chi connectivity index (χ0n) is 7.87. The van der Waals surface area contributed by atoms with Crippen LogP contribution in [0, 0.1) is 0 Å². The van der Waals surface area contributed by atoms with Crippen molar-refractivity contribution in [2.75, 3.05) is 0 Å². The molecule has 1 fully saturated rings. The van der Waals surface area contributed by atoms with Gasteiger partial charge in [-0.1, -0.05) is 0 Å². The van der Waals surface area contributed by atoms with Gasteiger partial charge in [0.15, 0.2) is 0 Å². The van der Waals surface area contributed by atoms with Crippen LogP contribution in [0.15, 0.2) is 0 Å². The van der Waals surface area contributed by atoms with E-state index in [1.165, 1.54) is 0 Å². The molecule has 0 aliphatic carbocycles. The first-order valence-corrected chi connectivity index (χ1v) is 4.04. The number of imide groups is 1. The van der Waals surface area contributed by atoms with E-state index in [1.807, 2.05) is 0 Å². The molecule has 92 valence electrons. The van der Waals surface area contributed by atoms with Gasteiger partial charge in [-0.05, 0) is 6.42 Å². The third-order valence-corrected chi connectivity index (χ3v) is 1.52. The first kappa shape index (κ1) is 14.4. The summed E-state index contributed by atoms with van der Waals surface area (Å²) in [5.41, 5.74) is 5.28. The minimum Gasteiger partial charge on any atom is -0.475 e. The summed E-state index contributed by atoms with van der Waals surface area (Å²) >= 11 is 0. The SMILES string of the molecule is N[C@H]1CCC(=O)NC1=O.O=C(O)C(F)(F)F. The van der Waals surface area contributed by atoms with Gasteiger partial charge in [-0.25, -0.2) is 4.79 Å². The number of carboxylic acid groups (broad SMARTS) is 1. The van der Waals surface area contributed by atoms with Crippen molar-refractivity contribution in [3.8, 4) is 0 Å². The molecule has 0 aromatic carbocycles. The molecule has 6 nitrogen and oxygen atoms in total. The van der Waals surface area contributed by atoms with E-state index in [-0.39, 0.29) is 11.8 Å². The first-order valence-electron chi connectivity index (χ1n) is 4.04. The lowest BCUT2D eigenvalue weighted by molar-refractivity contribution is -0.192. The predicted molar refractivity (Wildman–Crippen MR) is 44.0 cm³/mol. The van der Waals surface area contributed by atoms with E-state index in [2.05, 4.69) is 5.32 Å². The summed E-state index contributed by atoms with van der Waals surface area (Å²) in [6.45, 7) is 0. The lowest BCUT2D eigenvalue weighted by atomic mass is 10.1. The molecule has 0 bridgehead atoms. The summed E-state index contributed by atoms with van der Waals surface area (Å²) in [6, 6.07) is -0.484. The highest BCUT2D eigenvalue weighted by atomic mass is 19.4. The Kier molecular flexibility index (Phi) is 4.89. The van der Waals surface area contributed by atoms with Gasteiger partial charge in [-0.2, -0.15) is 13.2 Å². The summed E-state index contributed by atoms with van der Waals surface area (Å²) in [4.78, 5) is 29.9. The average Bonchev–Trinajstić information content (AvgIpc) is 2.11. The van der Waals surface area contributed by atoms with Crippen molar-refractivity contribution in [3.05, 3.63) is 0 Å². The largest absolute Gasteiger partial charge is 0.490 e. The summed E-state index contributed by atoms with van der Waals surface area (Å²) in [5.74, 6) is -3.33. The molecule has 0 radical (unpaired) electrons. The molecule has 1 aliphatic rings. The maximum atomic E-state index is 10.6. The Bertz CT molecular complexity index is 302. The minimum atomic E-state index is -5.08. The minimum absolute atomic E-state index is 0.221. The van der Waals surface area contributed by atoms with E-state index in [0.717, 1.165) is 0 Å². The number of piperidine rings is 1. The number of nitrogens with one attached hydrogen (secondary N) is 1. The van der Waals surface area contributed by atoms with E-state index < -0.39 is 18.2 Å². The number of hydrogen-bond acceptors (Lipinski definition) is 4. The quantitative estimate of drug-likeness (QED) is 0.490. The second-order valence-corrected chi connectivity index (χ2v) is 2.86. The van der Waals surface area contributed by atoms with Gasteiger partial charge in [0.2, 0.25) is 11.8 Å². The molecule has 16 heavy (non-hydrogen) atoms. The molecule has 4 N–H and O–H groups in total. The van der Waals surface area contributed by atoms with Crippen LogP contribution < -0.4 is 11.1 Å². The molecule has 1 aliphatic heterocycles. The van der Waals surface area contributed by atoms with Gasteiger partial charge >= 0.3 is 12.1 Å². The molecule has 0 spiro atoms. The summed E-state index contributed by atoms with van der Waals surface area (Å²) < 4.78 is 31.7. The number of aliphatic carboxylic acids is 1. The van der Waals surface area contributed by atoms with Crippen LogP contribution in [-0.4, -0.2) is 35.1 Å². The van der Waals surface area contributed by atoms with Crippen LogP contribution in [0.4, 0.5) is 13.2 Å². The molecule has 1 saturated heterocycles. The van der Waals surface area contributed by atoms with E-state index in [4.69, 9.17) is 15.6 Å². The zero-order valence-corrected chi connectivity index (χ0v) is 7.87. The highest BCUT2D eigenvalue weighted by Crippen LogP contribution is 2.13. The van der Waals surface area contributed by atoms with Crippen LogP contribution in [0.5, 0.6) is 0 Å². The number of carbonyl (C=O) groups excluding carboxylic acids is 2. The van der Waals surface area contributed by atoms with Crippen LogP contribution in [0.1, 0.15) is 12.8 Å². The predicted octanol–water partition coefficient (Wildman–Crippen LogP) is -0.616. The van der Waals surface area contributed by atoms with Crippen molar-refractivity contribution in [3.63, 3.8) is 0 Å². The van der Waals surface area contributed by atoms with Gasteiger partial charge in [-0.15, -0.1) is 0 Å². The lowest BCUT2D eigenvalue weighted by Gasteiger charge is -2.15. The van der Waals surface area contributed by atoms with Gasteiger partial charge in [0.05, 0.1) is 6.04 Å². The number of alkyl halides is 3. The van der Waals surface area contributed by atoms with Gasteiger partial charge in [0, 0.05) is 6.42 Å². The fourth-order valence-corrected chi connectivity index (χ4v) is 0.710. The molecule has 1 rings (SSSR count). The Labute approximate surface area is 87.6 Å². The average molecular weight is 242 g/mol. The third kappa shape index (κ3) is 5.29. The number of nitrogens with two attached hydrogens (primary N) is 1. The number of hydrogen-bond donors (Lipinski definition) is 3. The Hall–Kier alpha value is -1.64. The lowest BCUT2D eigenvalue weighted by Crippen LogP contribution is -2.48. The van der Waals surface area contributed by atoms with Crippen LogP contribution in [-0.2, 0) is 14.4 Å². The van der Waals surface area contributed by atoms with Gasteiger partial charge < -0.3 is 10.8 Å². The smallest absolute Gasteiger partial charge is 0.475 e. The first-order chi connectivity index (χ1) is 7.14. The number of amides is 2. The van der Waals surface area contributed by atoms with E-state index in [9.17, 15) is 22.8 Å². The van der Waals surface area contributed by atoms with Crippen molar-refractivity contribution in [1.29, 1.82) is 0 Å². The molecule has 0 saturated carbocycles. The second-order valence-electron chi connectivity index (χ2n) is 2.86. The summed E-state index contributed by atoms with van der Waals surface area (Å²) in [6.07, 6.45) is -4.24. The number of carboxylic acids is 1. The van der Waals surface area contributed by atoms with Crippen LogP contribution in [0.2, 0.25) is 0 Å². The Morgan fingerprint density at radius 1 is 1.44 bits per heavy atom. The Morgan fingerprint density at radius 2 is 1.88 bits per heavy atom.